The molecule has 1 fully saturated rings. The molecule has 2 aromatic rings. The number of piperidine rings is 1. The smallest absolute Gasteiger partial charge is 0.220 e. The van der Waals surface area contributed by atoms with Crippen molar-refractivity contribution in [3.05, 3.63) is 18.0 Å². The number of nitrogens with one attached hydrogen (secondary N) is 1. The Labute approximate surface area is 142 Å². The van der Waals surface area contributed by atoms with Gasteiger partial charge in [-0.1, -0.05) is 6.92 Å². The van der Waals surface area contributed by atoms with Crippen LogP contribution in [0.15, 0.2) is 12.1 Å². The Morgan fingerprint density at radius 2 is 2.04 bits per heavy atom. The Kier molecular flexibility index (Phi) is 4.97. The highest BCUT2D eigenvalue weighted by molar-refractivity contribution is 5.76. The minimum absolute atomic E-state index is 0.0305. The number of anilines is 1. The predicted molar refractivity (Wildman–Crippen MR) is 93.0 cm³/mol. The minimum atomic E-state index is 0.0305. The van der Waals surface area contributed by atoms with Crippen molar-refractivity contribution in [1.29, 1.82) is 0 Å². The molecule has 130 valence electrons. The highest BCUT2D eigenvalue weighted by Gasteiger charge is 2.18. The van der Waals surface area contributed by atoms with Gasteiger partial charge in [0, 0.05) is 32.0 Å². The Morgan fingerprint density at radius 1 is 1.29 bits per heavy atom. The van der Waals surface area contributed by atoms with Gasteiger partial charge in [0.2, 0.25) is 5.91 Å². The average molecular weight is 330 g/mol. The summed E-state index contributed by atoms with van der Waals surface area (Å²) in [6.45, 7) is 8.28. The lowest BCUT2D eigenvalue weighted by Crippen LogP contribution is -2.33. The third-order valence-corrected chi connectivity index (χ3v) is 4.45. The molecule has 1 aliphatic heterocycles. The maximum atomic E-state index is 11.8. The molecule has 3 heterocycles. The molecule has 0 spiro atoms. The zero-order valence-corrected chi connectivity index (χ0v) is 14.7. The molecule has 1 saturated heterocycles. The third kappa shape index (κ3) is 3.83. The van der Waals surface area contributed by atoms with Crippen molar-refractivity contribution in [2.24, 2.45) is 5.92 Å². The van der Waals surface area contributed by atoms with Gasteiger partial charge in [-0.25, -0.2) is 0 Å². The molecule has 0 aromatic carbocycles. The maximum Gasteiger partial charge on any atom is 0.220 e. The molecule has 0 unspecified atom stereocenters. The second kappa shape index (κ2) is 7.15. The summed E-state index contributed by atoms with van der Waals surface area (Å²) < 4.78 is 1.77. The zero-order valence-electron chi connectivity index (χ0n) is 14.7. The standard InChI is InChI=1S/C17H26N6O/c1-12(2)18-17(24)7-6-15-20-19-14-4-5-16(21-23(14)15)22-10-8-13(3)9-11-22/h4-5,12-13H,6-11H2,1-3H3,(H,18,24). The monoisotopic (exact) mass is 330 g/mol. The lowest BCUT2D eigenvalue weighted by molar-refractivity contribution is -0.121. The summed E-state index contributed by atoms with van der Waals surface area (Å²) in [6, 6.07) is 4.11. The predicted octanol–water partition coefficient (Wildman–Crippen LogP) is 1.82. The second-order valence-electron chi connectivity index (χ2n) is 6.97. The summed E-state index contributed by atoms with van der Waals surface area (Å²) in [6.07, 6.45) is 3.33. The van der Waals surface area contributed by atoms with Crippen LogP contribution in [-0.4, -0.2) is 44.8 Å². The van der Waals surface area contributed by atoms with Crippen molar-refractivity contribution in [3.8, 4) is 0 Å². The van der Waals surface area contributed by atoms with Crippen LogP contribution in [0.1, 0.15) is 45.9 Å². The van der Waals surface area contributed by atoms with Crippen LogP contribution in [0.2, 0.25) is 0 Å². The Bertz CT molecular complexity index is 702. The molecule has 1 amide bonds. The molecule has 7 heteroatoms. The van der Waals surface area contributed by atoms with E-state index in [4.69, 9.17) is 5.10 Å². The lowest BCUT2D eigenvalue weighted by atomic mass is 9.99. The molecular weight excluding hydrogens is 304 g/mol. The van der Waals surface area contributed by atoms with E-state index in [9.17, 15) is 4.79 Å². The van der Waals surface area contributed by atoms with Crippen LogP contribution in [0, 0.1) is 5.92 Å². The van der Waals surface area contributed by atoms with Crippen molar-refractivity contribution < 1.29 is 4.79 Å². The number of fused-ring (bicyclic) bond motifs is 1. The van der Waals surface area contributed by atoms with Crippen molar-refractivity contribution in [2.75, 3.05) is 18.0 Å². The first kappa shape index (κ1) is 16.7. The van der Waals surface area contributed by atoms with Gasteiger partial charge in [0.15, 0.2) is 11.5 Å². The van der Waals surface area contributed by atoms with E-state index in [0.29, 0.717) is 12.8 Å². The topological polar surface area (TPSA) is 75.4 Å². The highest BCUT2D eigenvalue weighted by atomic mass is 16.1. The fourth-order valence-electron chi connectivity index (χ4n) is 3.01. The molecule has 0 radical (unpaired) electrons. The van der Waals surface area contributed by atoms with E-state index in [2.05, 4.69) is 27.3 Å². The summed E-state index contributed by atoms with van der Waals surface area (Å²) in [5.74, 6) is 2.51. The number of hydrogen-bond acceptors (Lipinski definition) is 5. The van der Waals surface area contributed by atoms with Crippen LogP contribution in [-0.2, 0) is 11.2 Å². The largest absolute Gasteiger partial charge is 0.355 e. The van der Waals surface area contributed by atoms with Gasteiger partial charge >= 0.3 is 0 Å². The average Bonchev–Trinajstić information content (AvgIpc) is 2.95. The third-order valence-electron chi connectivity index (χ3n) is 4.45. The fourth-order valence-corrected chi connectivity index (χ4v) is 3.01. The number of carbonyl (C=O) groups is 1. The molecule has 0 bridgehead atoms. The molecule has 0 aliphatic carbocycles. The fraction of sp³-hybridized carbons (Fsp3) is 0.647. The Morgan fingerprint density at radius 3 is 2.75 bits per heavy atom. The molecule has 3 rings (SSSR count). The maximum absolute atomic E-state index is 11.8. The van der Waals surface area contributed by atoms with Crippen LogP contribution >= 0.6 is 0 Å². The van der Waals surface area contributed by atoms with Crippen LogP contribution < -0.4 is 10.2 Å². The van der Waals surface area contributed by atoms with Gasteiger partial charge in [0.25, 0.3) is 0 Å². The molecule has 7 nitrogen and oxygen atoms in total. The molecule has 1 N–H and O–H groups in total. The number of hydrogen-bond donors (Lipinski definition) is 1. The number of rotatable bonds is 5. The molecule has 0 atom stereocenters. The number of aryl methyl sites for hydroxylation is 1. The molecular formula is C17H26N6O. The number of amides is 1. The summed E-state index contributed by atoms with van der Waals surface area (Å²) in [5.41, 5.74) is 0.725. The van der Waals surface area contributed by atoms with E-state index >= 15 is 0 Å². The number of carbonyl (C=O) groups excluding carboxylic acids is 1. The Balaban J connectivity index is 1.73. The first-order valence-electron chi connectivity index (χ1n) is 8.78. The summed E-state index contributed by atoms with van der Waals surface area (Å²) in [4.78, 5) is 14.1. The first-order chi connectivity index (χ1) is 11.5. The van der Waals surface area contributed by atoms with Crippen molar-refractivity contribution >= 4 is 17.4 Å². The van der Waals surface area contributed by atoms with E-state index in [1.54, 1.807) is 4.52 Å². The zero-order chi connectivity index (χ0) is 17.1. The van der Waals surface area contributed by atoms with Crippen LogP contribution in [0.5, 0.6) is 0 Å². The summed E-state index contributed by atoms with van der Waals surface area (Å²) >= 11 is 0. The molecule has 1 aliphatic rings. The summed E-state index contributed by atoms with van der Waals surface area (Å²) in [5, 5.41) is 16.0. The first-order valence-corrected chi connectivity index (χ1v) is 8.78. The SMILES string of the molecule is CC1CCN(c2ccc3nnc(CCC(=O)NC(C)C)n3n2)CC1. The van der Waals surface area contributed by atoms with Gasteiger partial charge in [0.1, 0.15) is 5.82 Å². The quantitative estimate of drug-likeness (QED) is 0.905. The van der Waals surface area contributed by atoms with Crippen LogP contribution in [0.3, 0.4) is 0 Å². The van der Waals surface area contributed by atoms with Crippen molar-refractivity contribution in [3.63, 3.8) is 0 Å². The van der Waals surface area contributed by atoms with Gasteiger partial charge in [0.05, 0.1) is 0 Å². The van der Waals surface area contributed by atoms with E-state index in [1.807, 2.05) is 26.0 Å². The second-order valence-corrected chi connectivity index (χ2v) is 6.97. The van der Waals surface area contributed by atoms with Crippen molar-refractivity contribution in [1.82, 2.24) is 25.1 Å². The molecule has 2 aromatic heterocycles. The van der Waals surface area contributed by atoms with E-state index in [0.717, 1.165) is 36.3 Å². The van der Waals surface area contributed by atoms with Crippen LogP contribution in [0.25, 0.3) is 5.65 Å². The molecule has 0 saturated carbocycles. The summed E-state index contributed by atoms with van der Waals surface area (Å²) in [7, 11) is 0. The van der Waals surface area contributed by atoms with E-state index in [1.165, 1.54) is 12.8 Å². The van der Waals surface area contributed by atoms with E-state index in [-0.39, 0.29) is 11.9 Å². The van der Waals surface area contributed by atoms with Crippen molar-refractivity contribution in [2.45, 2.75) is 52.5 Å². The van der Waals surface area contributed by atoms with Gasteiger partial charge in [-0.3, -0.25) is 4.79 Å². The van der Waals surface area contributed by atoms with Gasteiger partial charge in [-0.05, 0) is 44.7 Å². The minimum Gasteiger partial charge on any atom is -0.355 e. The van der Waals surface area contributed by atoms with Crippen LogP contribution in [0.4, 0.5) is 5.82 Å². The van der Waals surface area contributed by atoms with Gasteiger partial charge < -0.3 is 10.2 Å². The Hall–Kier alpha value is -2.18. The van der Waals surface area contributed by atoms with Gasteiger partial charge in [-0.15, -0.1) is 15.3 Å². The number of nitrogens with zero attached hydrogens (tertiary/aromatic N) is 5. The lowest BCUT2D eigenvalue weighted by Gasteiger charge is -2.30. The van der Waals surface area contributed by atoms with E-state index < -0.39 is 0 Å². The molecule has 24 heavy (non-hydrogen) atoms. The highest BCUT2D eigenvalue weighted by Crippen LogP contribution is 2.21. The number of aromatic nitrogens is 4. The normalized spacial score (nSPS) is 16.1. The van der Waals surface area contributed by atoms with Gasteiger partial charge in [-0.2, -0.15) is 4.52 Å².